The molecule has 1 saturated heterocycles. The lowest BCUT2D eigenvalue weighted by atomic mass is 9.99. The van der Waals surface area contributed by atoms with E-state index in [0.29, 0.717) is 27.8 Å². The third-order valence-electron chi connectivity index (χ3n) is 5.74. The number of carbonyl (C=O) groups is 3. The Labute approximate surface area is 211 Å². The third kappa shape index (κ3) is 6.93. The van der Waals surface area contributed by atoms with Crippen LogP contribution in [-0.4, -0.2) is 48.2 Å². The fourth-order valence-corrected chi connectivity index (χ4v) is 3.96. The van der Waals surface area contributed by atoms with E-state index >= 15 is 0 Å². The molecule has 4 N–H and O–H groups in total. The number of nitrogens with two attached hydrogens (primary N) is 1. The summed E-state index contributed by atoms with van der Waals surface area (Å²) in [7, 11) is 0. The normalized spacial score (nSPS) is 13.3. The van der Waals surface area contributed by atoms with Gasteiger partial charge >= 0.3 is 5.97 Å². The molecule has 0 saturated carbocycles. The Morgan fingerprint density at radius 3 is 2.51 bits per heavy atom. The number of hydrogen-bond acceptors (Lipinski definition) is 5. The van der Waals surface area contributed by atoms with Gasteiger partial charge in [-0.15, -0.1) is 12.4 Å². The molecule has 2 aromatic rings. The van der Waals surface area contributed by atoms with Crippen molar-refractivity contribution in [3.63, 3.8) is 0 Å². The highest BCUT2D eigenvalue weighted by Gasteiger charge is 2.24. The Morgan fingerprint density at radius 2 is 1.89 bits per heavy atom. The number of benzene rings is 2. The number of nitrogens with zero attached hydrogens (tertiary/aromatic N) is 1. The molecule has 3 rings (SSSR count). The number of nitrogen functional groups attached to an aromatic ring is 1. The largest absolute Gasteiger partial charge is 0.466 e. The second-order valence-electron chi connectivity index (χ2n) is 8.08. The van der Waals surface area contributed by atoms with E-state index in [9.17, 15) is 14.4 Å². The Bertz CT molecular complexity index is 1110. The average molecular weight is 499 g/mol. The molecule has 1 atom stereocenters. The highest BCUT2D eigenvalue weighted by atomic mass is 35.5. The summed E-state index contributed by atoms with van der Waals surface area (Å²) in [6.07, 6.45) is 3.46. The molecule has 2 aromatic carbocycles. The lowest BCUT2D eigenvalue weighted by Crippen LogP contribution is -2.31. The van der Waals surface area contributed by atoms with E-state index in [0.717, 1.165) is 25.9 Å². The molecule has 0 spiro atoms. The van der Waals surface area contributed by atoms with Crippen LogP contribution in [0, 0.1) is 5.41 Å². The minimum absolute atomic E-state index is 0. The molecule has 1 fully saturated rings. The summed E-state index contributed by atoms with van der Waals surface area (Å²) in [5.41, 5.74) is 8.13. The number of amides is 2. The number of hydrogen-bond donors (Lipinski definition) is 3. The van der Waals surface area contributed by atoms with E-state index < -0.39 is 17.9 Å². The molecule has 0 aromatic heterocycles. The number of nitrogens with one attached hydrogen (secondary N) is 2. The van der Waals surface area contributed by atoms with Crippen molar-refractivity contribution < 1.29 is 19.1 Å². The van der Waals surface area contributed by atoms with Crippen LogP contribution < -0.4 is 11.1 Å². The van der Waals surface area contributed by atoms with Gasteiger partial charge in [-0.25, -0.2) is 0 Å². The summed E-state index contributed by atoms with van der Waals surface area (Å²) in [6.45, 7) is 7.19. The zero-order valence-electron chi connectivity index (χ0n) is 19.7. The molecule has 1 aliphatic heterocycles. The molecule has 35 heavy (non-hydrogen) atoms. The van der Waals surface area contributed by atoms with E-state index in [1.165, 1.54) is 0 Å². The van der Waals surface area contributed by atoms with Crippen molar-refractivity contribution >= 4 is 42.1 Å². The first-order chi connectivity index (χ1) is 16.3. The number of esters is 1. The fourth-order valence-electron chi connectivity index (χ4n) is 3.96. The van der Waals surface area contributed by atoms with Crippen molar-refractivity contribution in [2.45, 2.75) is 32.2 Å². The van der Waals surface area contributed by atoms with Crippen LogP contribution in [0.5, 0.6) is 0 Å². The van der Waals surface area contributed by atoms with Gasteiger partial charge in [-0.3, -0.25) is 19.8 Å². The van der Waals surface area contributed by atoms with Crippen LogP contribution in [0.25, 0.3) is 6.08 Å². The van der Waals surface area contributed by atoms with Crippen molar-refractivity contribution in [2.24, 2.45) is 5.73 Å². The van der Waals surface area contributed by atoms with Gasteiger partial charge in [0.15, 0.2) is 0 Å². The van der Waals surface area contributed by atoms with Crippen LogP contribution in [0.4, 0.5) is 0 Å². The van der Waals surface area contributed by atoms with Crippen LogP contribution >= 0.6 is 12.4 Å². The number of ether oxygens (including phenoxy) is 1. The highest BCUT2D eigenvalue weighted by Crippen LogP contribution is 2.22. The predicted octanol–water partition coefficient (Wildman–Crippen LogP) is 3.70. The molecule has 1 aliphatic rings. The van der Waals surface area contributed by atoms with Crippen molar-refractivity contribution in [1.82, 2.24) is 10.2 Å². The summed E-state index contributed by atoms with van der Waals surface area (Å²) in [4.78, 5) is 40.0. The van der Waals surface area contributed by atoms with Gasteiger partial charge in [0.25, 0.3) is 11.8 Å². The first kappa shape index (κ1) is 27.6. The maximum absolute atomic E-state index is 13.1. The van der Waals surface area contributed by atoms with Gasteiger partial charge in [-0.2, -0.15) is 0 Å². The molecule has 0 aliphatic carbocycles. The van der Waals surface area contributed by atoms with Crippen molar-refractivity contribution in [2.75, 3.05) is 19.7 Å². The van der Waals surface area contributed by atoms with Crippen LogP contribution in [0.3, 0.4) is 0 Å². The summed E-state index contributed by atoms with van der Waals surface area (Å²) in [6, 6.07) is 11.0. The van der Waals surface area contributed by atoms with Crippen molar-refractivity contribution in [1.29, 1.82) is 5.41 Å². The van der Waals surface area contributed by atoms with E-state index in [2.05, 4.69) is 11.9 Å². The van der Waals surface area contributed by atoms with E-state index in [1.807, 2.05) is 0 Å². The number of rotatable bonds is 9. The topological polar surface area (TPSA) is 126 Å². The number of likely N-dealkylation sites (tertiary alicyclic amines) is 1. The lowest BCUT2D eigenvalue weighted by Gasteiger charge is -2.20. The lowest BCUT2D eigenvalue weighted by molar-refractivity contribution is -0.143. The minimum Gasteiger partial charge on any atom is -0.466 e. The Kier molecular flexibility index (Phi) is 10.0. The quantitative estimate of drug-likeness (QED) is 0.276. The first-order valence-corrected chi connectivity index (χ1v) is 11.3. The van der Waals surface area contributed by atoms with Crippen molar-refractivity contribution in [3.05, 3.63) is 76.9 Å². The Hall–Kier alpha value is -3.65. The summed E-state index contributed by atoms with van der Waals surface area (Å²) >= 11 is 0. The molecule has 1 heterocycles. The molecule has 2 amide bonds. The molecule has 8 nitrogen and oxygen atoms in total. The molecule has 9 heteroatoms. The number of halogens is 1. The zero-order chi connectivity index (χ0) is 24.7. The van der Waals surface area contributed by atoms with Gasteiger partial charge < -0.3 is 20.7 Å². The SMILES string of the molecule is C=Cc1cc(C(=O)NC(CC(=O)OCC)c2cccc(C(=N)N)c2)ccc1C(=O)N1CCCC1.Cl. The molecular formula is C26H31ClN4O4. The molecule has 186 valence electrons. The van der Waals surface area contributed by atoms with E-state index in [-0.39, 0.29) is 37.2 Å². The maximum atomic E-state index is 13.1. The Morgan fingerprint density at radius 1 is 1.17 bits per heavy atom. The monoisotopic (exact) mass is 498 g/mol. The van der Waals surface area contributed by atoms with Crippen molar-refractivity contribution in [3.8, 4) is 0 Å². The molecule has 0 radical (unpaired) electrons. The highest BCUT2D eigenvalue weighted by molar-refractivity contribution is 6.01. The third-order valence-corrected chi connectivity index (χ3v) is 5.74. The maximum Gasteiger partial charge on any atom is 0.308 e. The summed E-state index contributed by atoms with van der Waals surface area (Å²) in [5.74, 6) is -1.05. The van der Waals surface area contributed by atoms with Gasteiger partial charge in [0.05, 0.1) is 19.1 Å². The smallest absolute Gasteiger partial charge is 0.308 e. The Balaban J connectivity index is 0.00000432. The van der Waals surface area contributed by atoms with E-state index in [1.54, 1.807) is 60.4 Å². The summed E-state index contributed by atoms with van der Waals surface area (Å²) in [5, 5.41) is 10.6. The van der Waals surface area contributed by atoms with Gasteiger partial charge in [0.1, 0.15) is 5.84 Å². The first-order valence-electron chi connectivity index (χ1n) is 11.3. The van der Waals surface area contributed by atoms with Gasteiger partial charge in [-0.1, -0.05) is 30.9 Å². The predicted molar refractivity (Wildman–Crippen MR) is 138 cm³/mol. The van der Waals surface area contributed by atoms with Gasteiger partial charge in [-0.05, 0) is 55.2 Å². The zero-order valence-corrected chi connectivity index (χ0v) is 20.5. The second-order valence-corrected chi connectivity index (χ2v) is 8.08. The standard InChI is InChI=1S/C26H30N4O4.ClH/c1-3-17-14-20(10-11-21(17)26(33)30-12-5-6-13-30)25(32)29-22(16-23(31)34-4-2)18-8-7-9-19(15-18)24(27)28;/h3,7-11,14-15,22H,1,4-6,12-13,16H2,2H3,(H3,27,28)(H,29,32);1H. The fraction of sp³-hybridized carbons (Fsp3) is 0.308. The molecular weight excluding hydrogens is 468 g/mol. The number of amidine groups is 1. The van der Waals surface area contributed by atoms with Crippen LogP contribution in [0.2, 0.25) is 0 Å². The van der Waals surface area contributed by atoms with Crippen LogP contribution in [-0.2, 0) is 9.53 Å². The van der Waals surface area contributed by atoms with Crippen LogP contribution in [0.1, 0.15) is 69.6 Å². The van der Waals surface area contributed by atoms with Gasteiger partial charge in [0.2, 0.25) is 0 Å². The molecule has 0 bridgehead atoms. The second kappa shape index (κ2) is 12.7. The van der Waals surface area contributed by atoms with Crippen LogP contribution in [0.15, 0.2) is 49.0 Å². The minimum atomic E-state index is -0.691. The molecule has 1 unspecified atom stereocenters. The average Bonchev–Trinajstić information content (AvgIpc) is 3.38. The van der Waals surface area contributed by atoms with E-state index in [4.69, 9.17) is 15.9 Å². The summed E-state index contributed by atoms with van der Waals surface area (Å²) < 4.78 is 5.07. The number of carbonyl (C=O) groups excluding carboxylic acids is 3. The van der Waals surface area contributed by atoms with Gasteiger partial charge in [0, 0.05) is 29.8 Å².